The molecule has 0 spiro atoms. The number of piperidine rings is 1. The van der Waals surface area contributed by atoms with Gasteiger partial charge in [-0.05, 0) is 77.9 Å². The first-order valence-corrected chi connectivity index (χ1v) is 10.7. The van der Waals surface area contributed by atoms with Crippen LogP contribution in [-0.4, -0.2) is 31.7 Å². The fraction of sp³-hybridized carbons (Fsp3) is 0.278. The summed E-state index contributed by atoms with van der Waals surface area (Å²) in [7, 11) is -3.54. The zero-order valence-corrected chi connectivity index (χ0v) is 16.6. The number of hydrogen-bond donors (Lipinski definition) is 1. The Balaban J connectivity index is 1.80. The molecule has 0 bridgehead atoms. The van der Waals surface area contributed by atoms with Crippen LogP contribution in [0.2, 0.25) is 0 Å². The van der Waals surface area contributed by atoms with Crippen molar-refractivity contribution in [2.75, 3.05) is 18.4 Å². The van der Waals surface area contributed by atoms with E-state index in [4.69, 9.17) is 0 Å². The number of hydrogen-bond acceptors (Lipinski definition) is 3. The van der Waals surface area contributed by atoms with Gasteiger partial charge >= 0.3 is 0 Å². The average Bonchev–Trinajstić information content (AvgIpc) is 2.64. The molecular formula is C18H19IN2O3S. The summed E-state index contributed by atoms with van der Waals surface area (Å²) in [4.78, 5) is 12.6. The minimum absolute atomic E-state index is 0.171. The summed E-state index contributed by atoms with van der Waals surface area (Å²) in [5.41, 5.74) is 1.01. The SMILES string of the molecule is O=C(Nc1ccc(I)cc1)c1cccc(S(=O)(=O)N2CCCCC2)c1. The van der Waals surface area contributed by atoms with Crippen LogP contribution in [0.25, 0.3) is 0 Å². The highest BCUT2D eigenvalue weighted by Crippen LogP contribution is 2.22. The zero-order valence-electron chi connectivity index (χ0n) is 13.6. The first-order chi connectivity index (χ1) is 12.0. The second-order valence-electron chi connectivity index (χ2n) is 5.95. The Labute approximate surface area is 161 Å². The molecule has 1 N–H and O–H groups in total. The zero-order chi connectivity index (χ0) is 17.9. The van der Waals surface area contributed by atoms with Crippen LogP contribution in [-0.2, 0) is 10.0 Å². The van der Waals surface area contributed by atoms with Gasteiger partial charge in [0, 0.05) is 27.9 Å². The van der Waals surface area contributed by atoms with Crippen LogP contribution in [0.4, 0.5) is 5.69 Å². The van der Waals surface area contributed by atoms with Gasteiger partial charge in [-0.3, -0.25) is 4.79 Å². The molecule has 25 heavy (non-hydrogen) atoms. The number of halogens is 1. The van der Waals surface area contributed by atoms with E-state index in [-0.39, 0.29) is 10.8 Å². The Hall–Kier alpha value is -1.45. The van der Waals surface area contributed by atoms with Crippen molar-refractivity contribution < 1.29 is 13.2 Å². The fourth-order valence-electron chi connectivity index (χ4n) is 2.79. The summed E-state index contributed by atoms with van der Waals surface area (Å²) >= 11 is 2.19. The van der Waals surface area contributed by atoms with Gasteiger partial charge in [0.1, 0.15) is 0 Å². The third-order valence-electron chi connectivity index (χ3n) is 4.15. The van der Waals surface area contributed by atoms with Gasteiger partial charge < -0.3 is 5.32 Å². The Morgan fingerprint density at radius 2 is 1.68 bits per heavy atom. The normalized spacial score (nSPS) is 15.7. The maximum absolute atomic E-state index is 12.8. The molecule has 132 valence electrons. The average molecular weight is 470 g/mol. The van der Waals surface area contributed by atoms with Crippen LogP contribution in [0, 0.1) is 3.57 Å². The van der Waals surface area contributed by atoms with E-state index in [0.29, 0.717) is 24.3 Å². The van der Waals surface area contributed by atoms with Crippen molar-refractivity contribution >= 4 is 44.2 Å². The lowest BCUT2D eigenvalue weighted by molar-refractivity contribution is 0.102. The lowest BCUT2D eigenvalue weighted by Crippen LogP contribution is -2.35. The molecule has 5 nitrogen and oxygen atoms in total. The maximum Gasteiger partial charge on any atom is 0.255 e. The highest BCUT2D eigenvalue weighted by Gasteiger charge is 2.26. The van der Waals surface area contributed by atoms with E-state index in [9.17, 15) is 13.2 Å². The van der Waals surface area contributed by atoms with Gasteiger partial charge in [-0.1, -0.05) is 12.5 Å². The maximum atomic E-state index is 12.8. The van der Waals surface area contributed by atoms with Crippen LogP contribution >= 0.6 is 22.6 Å². The molecule has 1 amide bonds. The molecule has 0 unspecified atom stereocenters. The fourth-order valence-corrected chi connectivity index (χ4v) is 4.71. The number of nitrogens with zero attached hydrogens (tertiary/aromatic N) is 1. The van der Waals surface area contributed by atoms with E-state index in [2.05, 4.69) is 27.9 Å². The number of benzene rings is 2. The summed E-state index contributed by atoms with van der Waals surface area (Å²) in [6, 6.07) is 13.7. The minimum Gasteiger partial charge on any atom is -0.322 e. The molecular weight excluding hydrogens is 451 g/mol. The highest BCUT2D eigenvalue weighted by atomic mass is 127. The van der Waals surface area contributed by atoms with E-state index in [1.807, 2.05) is 24.3 Å². The van der Waals surface area contributed by atoms with E-state index in [0.717, 1.165) is 22.8 Å². The molecule has 1 fully saturated rings. The van der Waals surface area contributed by atoms with Gasteiger partial charge in [0.2, 0.25) is 10.0 Å². The van der Waals surface area contributed by atoms with E-state index < -0.39 is 10.0 Å². The number of carbonyl (C=O) groups is 1. The van der Waals surface area contributed by atoms with E-state index in [1.165, 1.54) is 10.4 Å². The highest BCUT2D eigenvalue weighted by molar-refractivity contribution is 14.1. The monoisotopic (exact) mass is 470 g/mol. The number of sulfonamides is 1. The van der Waals surface area contributed by atoms with E-state index >= 15 is 0 Å². The van der Waals surface area contributed by atoms with Crippen LogP contribution in [0.5, 0.6) is 0 Å². The third-order valence-corrected chi connectivity index (χ3v) is 6.76. The van der Waals surface area contributed by atoms with Crippen LogP contribution in [0.1, 0.15) is 29.6 Å². The topological polar surface area (TPSA) is 66.5 Å². The minimum atomic E-state index is -3.54. The molecule has 2 aromatic carbocycles. The summed E-state index contributed by atoms with van der Waals surface area (Å²) < 4.78 is 28.1. The first kappa shape index (κ1) is 18.3. The lowest BCUT2D eigenvalue weighted by atomic mass is 10.2. The molecule has 0 saturated carbocycles. The van der Waals surface area contributed by atoms with Crippen molar-refractivity contribution in [2.24, 2.45) is 0 Å². The molecule has 0 radical (unpaired) electrons. The number of amides is 1. The Morgan fingerprint density at radius 3 is 2.36 bits per heavy atom. The molecule has 1 aliphatic heterocycles. The van der Waals surface area contributed by atoms with Gasteiger partial charge in [-0.2, -0.15) is 4.31 Å². The third kappa shape index (κ3) is 4.39. The van der Waals surface area contributed by atoms with Gasteiger partial charge in [-0.25, -0.2) is 8.42 Å². The van der Waals surface area contributed by atoms with Crippen molar-refractivity contribution in [3.8, 4) is 0 Å². The number of nitrogens with one attached hydrogen (secondary N) is 1. The molecule has 2 aromatic rings. The van der Waals surface area contributed by atoms with Crippen LogP contribution in [0.15, 0.2) is 53.4 Å². The number of carbonyl (C=O) groups excluding carboxylic acids is 1. The predicted octanol–water partition coefficient (Wildman–Crippen LogP) is 3.72. The summed E-state index contributed by atoms with van der Waals surface area (Å²) in [5, 5.41) is 2.79. The van der Waals surface area contributed by atoms with Gasteiger partial charge in [0.05, 0.1) is 4.90 Å². The van der Waals surface area contributed by atoms with E-state index in [1.54, 1.807) is 18.2 Å². The number of anilines is 1. The second kappa shape index (κ2) is 7.84. The summed E-state index contributed by atoms with van der Waals surface area (Å²) in [5.74, 6) is -0.322. The second-order valence-corrected chi connectivity index (χ2v) is 9.14. The Bertz CT molecular complexity index is 860. The van der Waals surface area contributed by atoms with Crippen molar-refractivity contribution in [1.29, 1.82) is 0 Å². The summed E-state index contributed by atoms with van der Waals surface area (Å²) in [6.45, 7) is 1.09. The molecule has 0 atom stereocenters. The molecule has 1 heterocycles. The largest absolute Gasteiger partial charge is 0.322 e. The Kier molecular flexibility index (Phi) is 5.75. The molecule has 7 heteroatoms. The molecule has 1 aliphatic rings. The van der Waals surface area contributed by atoms with Crippen molar-refractivity contribution in [3.63, 3.8) is 0 Å². The van der Waals surface area contributed by atoms with Crippen molar-refractivity contribution in [1.82, 2.24) is 4.31 Å². The lowest BCUT2D eigenvalue weighted by Gasteiger charge is -2.26. The van der Waals surface area contributed by atoms with Crippen LogP contribution in [0.3, 0.4) is 0 Å². The summed E-state index contributed by atoms with van der Waals surface area (Å²) in [6.07, 6.45) is 2.82. The molecule has 3 rings (SSSR count). The van der Waals surface area contributed by atoms with Gasteiger partial charge in [0.25, 0.3) is 5.91 Å². The Morgan fingerprint density at radius 1 is 1.00 bits per heavy atom. The quantitative estimate of drug-likeness (QED) is 0.693. The van der Waals surface area contributed by atoms with Crippen molar-refractivity contribution in [3.05, 3.63) is 57.7 Å². The van der Waals surface area contributed by atoms with Crippen molar-refractivity contribution in [2.45, 2.75) is 24.2 Å². The molecule has 0 aliphatic carbocycles. The smallest absolute Gasteiger partial charge is 0.255 e. The predicted molar refractivity (Wildman–Crippen MR) is 106 cm³/mol. The van der Waals surface area contributed by atoms with Gasteiger partial charge in [-0.15, -0.1) is 0 Å². The number of rotatable bonds is 4. The van der Waals surface area contributed by atoms with Gasteiger partial charge in [0.15, 0.2) is 0 Å². The molecule has 0 aromatic heterocycles. The standard InChI is InChI=1S/C18H19IN2O3S/c19-15-7-9-16(10-8-15)20-18(22)14-5-4-6-17(13-14)25(23,24)21-11-2-1-3-12-21/h4-10,13H,1-3,11-12H2,(H,20,22). The molecule has 1 saturated heterocycles. The first-order valence-electron chi connectivity index (χ1n) is 8.14. The van der Waals surface area contributed by atoms with Crippen LogP contribution < -0.4 is 5.32 Å².